The van der Waals surface area contributed by atoms with Gasteiger partial charge in [0.15, 0.2) is 0 Å². The molecule has 92 valence electrons. The Morgan fingerprint density at radius 2 is 2.00 bits per heavy atom. The van der Waals surface area contributed by atoms with E-state index < -0.39 is 11.9 Å². The third-order valence-corrected chi connectivity index (χ3v) is 2.25. The highest BCUT2D eigenvalue weighted by Crippen LogP contribution is 2.21. The number of carbonyl (C=O) groups excluding carboxylic acids is 2. The van der Waals surface area contributed by atoms with Crippen molar-refractivity contribution in [3.63, 3.8) is 0 Å². The lowest BCUT2D eigenvalue weighted by Gasteiger charge is -2.09. The maximum Gasteiger partial charge on any atom is 0.315 e. The van der Waals surface area contributed by atoms with Gasteiger partial charge in [0.2, 0.25) is 5.91 Å². The molecule has 1 rings (SSSR count). The molecule has 0 aliphatic carbocycles. The highest BCUT2D eigenvalue weighted by molar-refractivity contribution is 6.02. The number of esters is 1. The van der Waals surface area contributed by atoms with Gasteiger partial charge in [0, 0.05) is 11.8 Å². The van der Waals surface area contributed by atoms with Crippen LogP contribution in [0.3, 0.4) is 0 Å². The Labute approximate surface area is 99.7 Å². The summed E-state index contributed by atoms with van der Waals surface area (Å²) in [5.41, 5.74) is 1.52. The first-order chi connectivity index (χ1) is 8.06. The van der Waals surface area contributed by atoms with Gasteiger partial charge in [-0.15, -0.1) is 0 Å². The van der Waals surface area contributed by atoms with Crippen molar-refractivity contribution in [2.75, 3.05) is 19.5 Å². The fraction of sp³-hybridized carbons (Fsp3) is 0.333. The molecule has 0 spiro atoms. The third-order valence-electron chi connectivity index (χ3n) is 2.25. The molecule has 5 nitrogen and oxygen atoms in total. The van der Waals surface area contributed by atoms with Gasteiger partial charge in [0.25, 0.3) is 0 Å². The van der Waals surface area contributed by atoms with Gasteiger partial charge in [-0.1, -0.05) is 6.07 Å². The number of hydrogen-bond donors (Lipinski definition) is 1. The maximum atomic E-state index is 11.5. The fourth-order valence-corrected chi connectivity index (χ4v) is 1.26. The molecule has 0 saturated carbocycles. The standard InChI is InChI=1S/C12H15NO4/c1-8-4-5-9(16-2)6-10(8)13-11(14)7-12(15)17-3/h4-6H,7H2,1-3H3,(H,13,14). The number of nitrogens with one attached hydrogen (secondary N) is 1. The van der Waals surface area contributed by atoms with Crippen LogP contribution in [0.5, 0.6) is 5.75 Å². The van der Waals surface area contributed by atoms with Crippen LogP contribution in [-0.4, -0.2) is 26.1 Å². The monoisotopic (exact) mass is 237 g/mol. The molecule has 0 bridgehead atoms. The predicted molar refractivity (Wildman–Crippen MR) is 63.0 cm³/mol. The minimum atomic E-state index is -0.567. The van der Waals surface area contributed by atoms with Crippen molar-refractivity contribution in [3.8, 4) is 5.75 Å². The lowest BCUT2D eigenvalue weighted by atomic mass is 10.2. The van der Waals surface area contributed by atoms with E-state index in [0.29, 0.717) is 11.4 Å². The molecule has 1 aromatic rings. The zero-order valence-corrected chi connectivity index (χ0v) is 10.1. The molecular weight excluding hydrogens is 222 g/mol. The largest absolute Gasteiger partial charge is 0.497 e. The Kier molecular flexibility index (Phi) is 4.51. The summed E-state index contributed by atoms with van der Waals surface area (Å²) in [6.07, 6.45) is -0.298. The second-order valence-corrected chi connectivity index (χ2v) is 3.48. The Morgan fingerprint density at radius 3 is 2.59 bits per heavy atom. The molecule has 5 heteroatoms. The molecule has 0 aromatic heterocycles. The summed E-state index contributed by atoms with van der Waals surface area (Å²) in [6.45, 7) is 1.85. The SMILES string of the molecule is COC(=O)CC(=O)Nc1cc(OC)ccc1C. The molecule has 0 aliphatic heterocycles. The highest BCUT2D eigenvalue weighted by Gasteiger charge is 2.11. The summed E-state index contributed by atoms with van der Waals surface area (Å²) >= 11 is 0. The molecule has 1 N–H and O–H groups in total. The number of hydrogen-bond acceptors (Lipinski definition) is 4. The summed E-state index contributed by atoms with van der Waals surface area (Å²) in [4.78, 5) is 22.4. The third kappa shape index (κ3) is 3.79. The topological polar surface area (TPSA) is 64.6 Å². The molecule has 1 aromatic carbocycles. The number of methoxy groups -OCH3 is 2. The molecule has 0 saturated heterocycles. The van der Waals surface area contributed by atoms with Gasteiger partial charge < -0.3 is 14.8 Å². The summed E-state index contributed by atoms with van der Waals surface area (Å²) < 4.78 is 9.46. The number of ether oxygens (including phenoxy) is 2. The highest BCUT2D eigenvalue weighted by atomic mass is 16.5. The lowest BCUT2D eigenvalue weighted by Crippen LogP contribution is -2.17. The number of amides is 1. The van der Waals surface area contributed by atoms with E-state index in [2.05, 4.69) is 10.1 Å². The molecule has 0 unspecified atom stereocenters. The van der Waals surface area contributed by atoms with Crippen LogP contribution in [0.15, 0.2) is 18.2 Å². The minimum absolute atomic E-state index is 0.298. The zero-order valence-electron chi connectivity index (χ0n) is 10.1. The van der Waals surface area contributed by atoms with Gasteiger partial charge in [0.05, 0.1) is 14.2 Å². The van der Waals surface area contributed by atoms with Crippen molar-refractivity contribution >= 4 is 17.6 Å². The number of benzene rings is 1. The van der Waals surface area contributed by atoms with E-state index in [1.165, 1.54) is 7.11 Å². The van der Waals surface area contributed by atoms with Crippen molar-refractivity contribution < 1.29 is 19.1 Å². The molecule has 0 heterocycles. The summed E-state index contributed by atoms with van der Waals surface area (Å²) in [6, 6.07) is 5.32. The van der Waals surface area contributed by atoms with Crippen LogP contribution in [0, 0.1) is 6.92 Å². The van der Waals surface area contributed by atoms with Gasteiger partial charge in [-0.3, -0.25) is 9.59 Å². The number of aryl methyl sites for hydroxylation is 1. The Balaban J connectivity index is 2.73. The Hall–Kier alpha value is -2.04. The molecule has 0 atom stereocenters. The van der Waals surface area contributed by atoms with Crippen LogP contribution in [0.4, 0.5) is 5.69 Å². The van der Waals surface area contributed by atoms with E-state index >= 15 is 0 Å². The smallest absolute Gasteiger partial charge is 0.315 e. The Morgan fingerprint density at radius 1 is 1.29 bits per heavy atom. The molecule has 0 aliphatic rings. The van der Waals surface area contributed by atoms with Crippen LogP contribution in [-0.2, 0) is 14.3 Å². The van der Waals surface area contributed by atoms with Gasteiger partial charge >= 0.3 is 5.97 Å². The number of carbonyl (C=O) groups is 2. The van der Waals surface area contributed by atoms with E-state index in [1.807, 2.05) is 13.0 Å². The van der Waals surface area contributed by atoms with Crippen molar-refractivity contribution in [2.45, 2.75) is 13.3 Å². The first kappa shape index (κ1) is 13.0. The average Bonchev–Trinajstić information content (AvgIpc) is 2.31. The molecule has 0 fully saturated rings. The van der Waals surface area contributed by atoms with E-state index in [4.69, 9.17) is 4.74 Å². The van der Waals surface area contributed by atoms with Crippen molar-refractivity contribution in [3.05, 3.63) is 23.8 Å². The first-order valence-electron chi connectivity index (χ1n) is 5.08. The van der Waals surface area contributed by atoms with Gasteiger partial charge in [-0.05, 0) is 18.6 Å². The number of anilines is 1. The number of rotatable bonds is 4. The van der Waals surface area contributed by atoms with Gasteiger partial charge in [-0.2, -0.15) is 0 Å². The van der Waals surface area contributed by atoms with Crippen molar-refractivity contribution in [1.29, 1.82) is 0 Å². The molecular formula is C12H15NO4. The predicted octanol–water partition coefficient (Wildman–Crippen LogP) is 1.51. The molecule has 17 heavy (non-hydrogen) atoms. The quantitative estimate of drug-likeness (QED) is 0.636. The normalized spacial score (nSPS) is 9.59. The summed E-state index contributed by atoms with van der Waals surface area (Å²) in [7, 11) is 2.79. The zero-order chi connectivity index (χ0) is 12.8. The van der Waals surface area contributed by atoms with Gasteiger partial charge in [-0.25, -0.2) is 0 Å². The van der Waals surface area contributed by atoms with Gasteiger partial charge in [0.1, 0.15) is 12.2 Å². The average molecular weight is 237 g/mol. The summed E-state index contributed by atoms with van der Waals surface area (Å²) in [5.74, 6) is -0.333. The lowest BCUT2D eigenvalue weighted by molar-refractivity contribution is -0.142. The van der Waals surface area contributed by atoms with E-state index in [9.17, 15) is 9.59 Å². The second-order valence-electron chi connectivity index (χ2n) is 3.48. The van der Waals surface area contributed by atoms with Crippen LogP contribution in [0.2, 0.25) is 0 Å². The van der Waals surface area contributed by atoms with Crippen LogP contribution in [0.1, 0.15) is 12.0 Å². The first-order valence-corrected chi connectivity index (χ1v) is 5.08. The minimum Gasteiger partial charge on any atom is -0.497 e. The van der Waals surface area contributed by atoms with Crippen molar-refractivity contribution in [1.82, 2.24) is 0 Å². The van der Waals surface area contributed by atoms with E-state index in [1.54, 1.807) is 19.2 Å². The van der Waals surface area contributed by atoms with Crippen molar-refractivity contribution in [2.24, 2.45) is 0 Å². The fourth-order valence-electron chi connectivity index (χ4n) is 1.26. The summed E-state index contributed by atoms with van der Waals surface area (Å²) in [5, 5.41) is 2.63. The van der Waals surface area contributed by atoms with Crippen LogP contribution < -0.4 is 10.1 Å². The molecule has 1 amide bonds. The Bertz CT molecular complexity index is 429. The second kappa shape index (κ2) is 5.89. The van der Waals surface area contributed by atoms with Crippen LogP contribution in [0.25, 0.3) is 0 Å². The molecule has 0 radical (unpaired) electrons. The van der Waals surface area contributed by atoms with E-state index in [-0.39, 0.29) is 6.42 Å². The maximum absolute atomic E-state index is 11.5. The van der Waals surface area contributed by atoms with Crippen LogP contribution >= 0.6 is 0 Å². The van der Waals surface area contributed by atoms with E-state index in [0.717, 1.165) is 5.56 Å².